The number of hydrogen-bond acceptors (Lipinski definition) is 13. The standard InChI is InChI=1S/C46H58N12O4/c1-28(2)58-45-39(43(47)50-27-51-45)40(54-58)41-38(42(62-55-41)32-8-9-32)44-48-25-33(26-49-44)31-18-23-57(24-19-31)37(60)7-5-3-4-6-20-56-21-16-30(17-22-56)29-10-12-34(13-11-29)52-35-14-15-36(59)53-46(35)61/h10-13,25-28,30-32,35,52H,3-9,14-24H2,1-2H3,(H2,47,50,51)(H,53,59,61). The molecule has 4 fully saturated rings. The van der Waals surface area contributed by atoms with Crippen molar-refractivity contribution in [3.05, 3.63) is 59.9 Å². The average Bonchev–Trinajstić information content (AvgIpc) is 3.91. The fourth-order valence-corrected chi connectivity index (χ4v) is 9.46. The van der Waals surface area contributed by atoms with Gasteiger partial charge in [-0.05, 0) is 126 Å². The Labute approximate surface area is 361 Å². The van der Waals surface area contributed by atoms with Gasteiger partial charge in [-0.2, -0.15) is 5.10 Å². The van der Waals surface area contributed by atoms with Crippen molar-refractivity contribution in [3.8, 4) is 22.8 Å². The molecule has 0 spiro atoms. The van der Waals surface area contributed by atoms with Crippen LogP contribution in [0.15, 0.2) is 47.5 Å². The van der Waals surface area contributed by atoms with Gasteiger partial charge in [-0.15, -0.1) is 0 Å². The number of benzene rings is 1. The topological polar surface area (TPSA) is 203 Å². The highest BCUT2D eigenvalue weighted by atomic mass is 16.5. The minimum Gasteiger partial charge on any atom is -0.383 e. The molecule has 1 atom stereocenters. The van der Waals surface area contributed by atoms with E-state index in [1.54, 1.807) is 0 Å². The summed E-state index contributed by atoms with van der Waals surface area (Å²) in [6.45, 7) is 8.91. The highest BCUT2D eigenvalue weighted by Gasteiger charge is 2.36. The summed E-state index contributed by atoms with van der Waals surface area (Å²) in [5, 5.41) is 15.7. The molecule has 1 unspecified atom stereocenters. The molecule has 62 heavy (non-hydrogen) atoms. The van der Waals surface area contributed by atoms with Gasteiger partial charge in [0, 0.05) is 56.0 Å². The van der Waals surface area contributed by atoms with Gasteiger partial charge in [0.2, 0.25) is 17.7 Å². The molecule has 3 saturated heterocycles. The zero-order valence-corrected chi connectivity index (χ0v) is 35.9. The van der Waals surface area contributed by atoms with E-state index in [0.29, 0.717) is 65.2 Å². The van der Waals surface area contributed by atoms with Crippen LogP contribution < -0.4 is 16.4 Å². The lowest BCUT2D eigenvalue weighted by Gasteiger charge is -2.32. The van der Waals surface area contributed by atoms with Gasteiger partial charge in [0.1, 0.15) is 29.6 Å². The number of aromatic nitrogens is 7. The molecule has 1 saturated carbocycles. The number of amides is 3. The van der Waals surface area contributed by atoms with E-state index in [1.807, 2.05) is 35.8 Å². The van der Waals surface area contributed by atoms with Gasteiger partial charge < -0.3 is 25.4 Å². The molecular weight excluding hydrogens is 785 g/mol. The third-order valence-corrected chi connectivity index (χ3v) is 13.3. The molecule has 4 aromatic heterocycles. The zero-order chi connectivity index (χ0) is 42.7. The maximum absolute atomic E-state index is 13.2. The van der Waals surface area contributed by atoms with Crippen LogP contribution in [0.4, 0.5) is 11.5 Å². The Morgan fingerprint density at radius 3 is 2.26 bits per heavy atom. The molecule has 5 aromatic rings. The Hall–Kier alpha value is -5.77. The summed E-state index contributed by atoms with van der Waals surface area (Å²) in [4.78, 5) is 59.8. The fourth-order valence-electron chi connectivity index (χ4n) is 9.46. The van der Waals surface area contributed by atoms with Crippen LogP contribution in [0.5, 0.6) is 0 Å². The van der Waals surface area contributed by atoms with E-state index in [-0.39, 0.29) is 35.7 Å². The second-order valence-corrected chi connectivity index (χ2v) is 17.9. The van der Waals surface area contributed by atoms with Crippen LogP contribution >= 0.6 is 0 Å². The van der Waals surface area contributed by atoms with Gasteiger partial charge in [0.15, 0.2) is 17.2 Å². The molecule has 326 valence electrons. The molecule has 3 amide bonds. The molecule has 4 aliphatic rings. The maximum atomic E-state index is 13.2. The van der Waals surface area contributed by atoms with Gasteiger partial charge in [0.25, 0.3) is 0 Å². The number of unbranched alkanes of at least 4 members (excludes halogenated alkanes) is 3. The number of carbonyl (C=O) groups is 3. The Balaban J connectivity index is 0.695. The van der Waals surface area contributed by atoms with E-state index in [4.69, 9.17) is 25.3 Å². The summed E-state index contributed by atoms with van der Waals surface area (Å²) < 4.78 is 7.80. The Kier molecular flexibility index (Phi) is 12.3. The number of nitrogens with one attached hydrogen (secondary N) is 2. The molecule has 7 heterocycles. The Bertz CT molecular complexity index is 2370. The molecule has 1 aromatic carbocycles. The normalized spacial score (nSPS) is 19.4. The minimum absolute atomic E-state index is 0.0478. The molecule has 0 bridgehead atoms. The largest absolute Gasteiger partial charge is 0.383 e. The lowest BCUT2D eigenvalue weighted by Crippen LogP contribution is -2.47. The summed E-state index contributed by atoms with van der Waals surface area (Å²) in [6.07, 6.45) is 17.3. The number of nitrogens with two attached hydrogens (primary N) is 1. The van der Waals surface area contributed by atoms with Crippen molar-refractivity contribution < 1.29 is 18.9 Å². The van der Waals surface area contributed by atoms with E-state index in [1.165, 1.54) is 11.9 Å². The monoisotopic (exact) mass is 842 g/mol. The van der Waals surface area contributed by atoms with Crippen LogP contribution in [0.3, 0.4) is 0 Å². The quantitative estimate of drug-likeness (QED) is 0.0740. The third-order valence-electron chi connectivity index (χ3n) is 13.3. The Morgan fingerprint density at radius 1 is 0.839 bits per heavy atom. The van der Waals surface area contributed by atoms with E-state index < -0.39 is 0 Å². The second kappa shape index (κ2) is 18.3. The van der Waals surface area contributed by atoms with Crippen molar-refractivity contribution in [1.82, 2.24) is 50.0 Å². The van der Waals surface area contributed by atoms with Crippen LogP contribution in [-0.4, -0.2) is 101 Å². The predicted octanol–water partition coefficient (Wildman–Crippen LogP) is 6.73. The summed E-state index contributed by atoms with van der Waals surface area (Å²) in [5.41, 5.74) is 12.2. The van der Waals surface area contributed by atoms with Gasteiger partial charge in [-0.1, -0.05) is 30.1 Å². The van der Waals surface area contributed by atoms with Crippen molar-refractivity contribution in [2.75, 3.05) is 43.8 Å². The number of likely N-dealkylation sites (tertiary alicyclic amines) is 2. The predicted molar refractivity (Wildman–Crippen MR) is 235 cm³/mol. The lowest BCUT2D eigenvalue weighted by molar-refractivity contribution is -0.134. The average molecular weight is 843 g/mol. The van der Waals surface area contributed by atoms with Crippen molar-refractivity contribution >= 4 is 40.3 Å². The second-order valence-electron chi connectivity index (χ2n) is 17.9. The van der Waals surface area contributed by atoms with E-state index in [0.717, 1.165) is 120 Å². The number of fused-ring (bicyclic) bond motifs is 1. The van der Waals surface area contributed by atoms with Gasteiger partial charge in [0.05, 0.1) is 10.9 Å². The van der Waals surface area contributed by atoms with Crippen molar-refractivity contribution in [1.29, 1.82) is 0 Å². The highest BCUT2D eigenvalue weighted by Crippen LogP contribution is 2.48. The van der Waals surface area contributed by atoms with E-state index in [9.17, 15) is 14.4 Å². The first-order chi connectivity index (χ1) is 30.2. The van der Waals surface area contributed by atoms with Crippen molar-refractivity contribution in [2.24, 2.45) is 0 Å². The van der Waals surface area contributed by atoms with Crippen LogP contribution in [-0.2, 0) is 14.4 Å². The summed E-state index contributed by atoms with van der Waals surface area (Å²) in [5.74, 6) is 2.60. The molecule has 3 aliphatic heterocycles. The van der Waals surface area contributed by atoms with Crippen molar-refractivity contribution in [2.45, 2.75) is 127 Å². The molecule has 16 nitrogen and oxygen atoms in total. The van der Waals surface area contributed by atoms with Crippen LogP contribution in [0.2, 0.25) is 0 Å². The number of anilines is 2. The number of nitrogen functional groups attached to an aromatic ring is 1. The van der Waals surface area contributed by atoms with Gasteiger partial charge in [-0.25, -0.2) is 24.6 Å². The Morgan fingerprint density at radius 2 is 1.55 bits per heavy atom. The first-order valence-corrected chi connectivity index (χ1v) is 22.7. The molecule has 1 aliphatic carbocycles. The van der Waals surface area contributed by atoms with Crippen molar-refractivity contribution in [3.63, 3.8) is 0 Å². The number of imide groups is 1. The summed E-state index contributed by atoms with van der Waals surface area (Å²) >= 11 is 0. The molecule has 16 heteroatoms. The smallest absolute Gasteiger partial charge is 0.249 e. The van der Waals surface area contributed by atoms with Crippen LogP contribution in [0, 0.1) is 0 Å². The number of nitrogens with zero attached hydrogens (tertiary/aromatic N) is 9. The summed E-state index contributed by atoms with van der Waals surface area (Å²) in [6, 6.07) is 8.13. The molecule has 9 rings (SSSR count). The SMILES string of the molecule is CC(C)n1nc(-c2noc(C3CC3)c2-c2ncc(C3CCN(C(=O)CCCCCCN4CCC(c5ccc(NC6CCC(=O)NC6=O)cc5)CC4)CC3)cn2)c2c(N)ncnc21. The summed E-state index contributed by atoms with van der Waals surface area (Å²) in [7, 11) is 0. The molecule has 4 N–H and O–H groups in total. The van der Waals surface area contributed by atoms with E-state index in [2.05, 4.69) is 54.9 Å². The fraction of sp³-hybridized carbons (Fsp3) is 0.543. The third kappa shape index (κ3) is 9.06. The zero-order valence-electron chi connectivity index (χ0n) is 35.9. The highest BCUT2D eigenvalue weighted by molar-refractivity contribution is 6.01. The van der Waals surface area contributed by atoms with Gasteiger partial charge in [-0.3, -0.25) is 19.7 Å². The number of piperidine rings is 3. The van der Waals surface area contributed by atoms with Crippen LogP contribution in [0.25, 0.3) is 33.8 Å². The maximum Gasteiger partial charge on any atom is 0.249 e. The number of carbonyl (C=O) groups excluding carboxylic acids is 3. The first kappa shape index (κ1) is 41.6. The van der Waals surface area contributed by atoms with Crippen LogP contribution in [0.1, 0.15) is 138 Å². The molecular formula is C46H58N12O4. The minimum atomic E-state index is -0.364. The lowest BCUT2D eigenvalue weighted by atomic mass is 9.89. The van der Waals surface area contributed by atoms with Gasteiger partial charge >= 0.3 is 0 Å². The number of hydrogen-bond donors (Lipinski definition) is 3. The number of rotatable bonds is 15. The van der Waals surface area contributed by atoms with E-state index >= 15 is 0 Å². The first-order valence-electron chi connectivity index (χ1n) is 22.7. The molecule has 0 radical (unpaired) electrons.